The van der Waals surface area contributed by atoms with Crippen molar-refractivity contribution < 1.29 is 9.90 Å². The maximum atomic E-state index is 12.0. The normalized spacial score (nSPS) is 27.3. The summed E-state index contributed by atoms with van der Waals surface area (Å²) in [5.41, 5.74) is 0. The topological polar surface area (TPSA) is 40.5 Å². The van der Waals surface area contributed by atoms with E-state index in [4.69, 9.17) is 11.6 Å². The summed E-state index contributed by atoms with van der Waals surface area (Å²) in [6.45, 7) is 7.49. The van der Waals surface area contributed by atoms with Crippen molar-refractivity contribution in [1.82, 2.24) is 4.90 Å². The number of likely N-dealkylation sites (tertiary alicyclic amines) is 1. The van der Waals surface area contributed by atoms with Gasteiger partial charge in [-0.25, -0.2) is 0 Å². The Kier molecular flexibility index (Phi) is 5.74. The summed E-state index contributed by atoms with van der Waals surface area (Å²) in [4.78, 5) is 13.8. The van der Waals surface area contributed by atoms with E-state index in [0.29, 0.717) is 31.8 Å². The summed E-state index contributed by atoms with van der Waals surface area (Å²) < 4.78 is 0. The number of aliphatic hydroxyl groups excluding tert-OH is 1. The predicted molar refractivity (Wildman–Crippen MR) is 70.1 cm³/mol. The Hall–Kier alpha value is -0.280. The van der Waals surface area contributed by atoms with Crippen LogP contribution in [0.1, 0.15) is 40.0 Å². The zero-order valence-electron chi connectivity index (χ0n) is 11.0. The van der Waals surface area contributed by atoms with Crippen LogP contribution in [0.2, 0.25) is 0 Å². The van der Waals surface area contributed by atoms with Gasteiger partial charge < -0.3 is 10.0 Å². The minimum Gasteiger partial charge on any atom is -0.393 e. The highest BCUT2D eigenvalue weighted by molar-refractivity contribution is 6.30. The maximum absolute atomic E-state index is 12.0. The van der Waals surface area contributed by atoms with Crippen LogP contribution in [0.25, 0.3) is 0 Å². The number of carbonyl (C=O) groups is 1. The molecule has 0 unspecified atom stereocenters. The van der Waals surface area contributed by atoms with Gasteiger partial charge in [0.15, 0.2) is 0 Å². The molecule has 0 bridgehead atoms. The third-order valence-corrected chi connectivity index (χ3v) is 3.90. The van der Waals surface area contributed by atoms with E-state index in [1.807, 2.05) is 11.8 Å². The molecule has 0 aliphatic carbocycles. The van der Waals surface area contributed by atoms with Crippen molar-refractivity contribution in [3.05, 3.63) is 0 Å². The molecule has 1 N–H and O–H groups in total. The zero-order chi connectivity index (χ0) is 13.0. The monoisotopic (exact) mass is 261 g/mol. The molecule has 1 saturated heterocycles. The first-order valence-corrected chi connectivity index (χ1v) is 7.00. The molecule has 0 radical (unpaired) electrons. The summed E-state index contributed by atoms with van der Waals surface area (Å²) >= 11 is 5.99. The van der Waals surface area contributed by atoms with Gasteiger partial charge >= 0.3 is 0 Å². The van der Waals surface area contributed by atoms with E-state index in [0.717, 1.165) is 6.42 Å². The van der Waals surface area contributed by atoms with Crippen LogP contribution < -0.4 is 0 Å². The minimum absolute atomic E-state index is 0.0230. The third kappa shape index (κ3) is 4.14. The SMILES string of the molecule is CC[C@H](Cl)C(=O)N1CC[C@@H](O)[C@@H](CC(C)C)C1. The number of aliphatic hydroxyl groups is 1. The van der Waals surface area contributed by atoms with Crippen LogP contribution in [0, 0.1) is 11.8 Å². The second-order valence-corrected chi connectivity index (χ2v) is 5.93. The first-order chi connectivity index (χ1) is 7.95. The molecule has 4 heteroatoms. The van der Waals surface area contributed by atoms with Crippen molar-refractivity contribution >= 4 is 17.5 Å². The summed E-state index contributed by atoms with van der Waals surface area (Å²) in [5, 5.41) is 9.53. The lowest BCUT2D eigenvalue weighted by Gasteiger charge is -2.37. The van der Waals surface area contributed by atoms with Crippen molar-refractivity contribution in [2.24, 2.45) is 11.8 Å². The Morgan fingerprint density at radius 1 is 1.53 bits per heavy atom. The predicted octanol–water partition coefficient (Wildman–Crippen LogP) is 2.26. The number of hydrogen-bond acceptors (Lipinski definition) is 2. The number of alkyl halides is 1. The van der Waals surface area contributed by atoms with E-state index in [1.54, 1.807) is 0 Å². The van der Waals surface area contributed by atoms with Gasteiger partial charge in [-0.3, -0.25) is 4.79 Å². The van der Waals surface area contributed by atoms with Gasteiger partial charge in [0.05, 0.1) is 6.10 Å². The number of nitrogens with zero attached hydrogens (tertiary/aromatic N) is 1. The molecule has 3 atom stereocenters. The first-order valence-electron chi connectivity index (χ1n) is 6.56. The first kappa shape index (κ1) is 14.8. The van der Waals surface area contributed by atoms with E-state index in [-0.39, 0.29) is 17.9 Å². The summed E-state index contributed by atoms with van der Waals surface area (Å²) in [5.74, 6) is 0.769. The largest absolute Gasteiger partial charge is 0.393 e. The number of halogens is 1. The van der Waals surface area contributed by atoms with Crippen LogP contribution in [0.4, 0.5) is 0 Å². The van der Waals surface area contributed by atoms with Gasteiger partial charge in [0.25, 0.3) is 0 Å². The molecule has 1 fully saturated rings. The fraction of sp³-hybridized carbons (Fsp3) is 0.923. The van der Waals surface area contributed by atoms with Gasteiger partial charge in [-0.1, -0.05) is 20.8 Å². The molecule has 0 aromatic carbocycles. The number of piperidine rings is 1. The van der Waals surface area contributed by atoms with Gasteiger partial charge in [0.1, 0.15) is 5.38 Å². The van der Waals surface area contributed by atoms with Crippen LogP contribution >= 0.6 is 11.6 Å². The standard InChI is InChI=1S/C13H24ClNO2/c1-4-11(14)13(17)15-6-5-12(16)10(8-15)7-9(2)3/h9-12,16H,4-8H2,1-3H3/t10-,11-,12+/m0/s1. The fourth-order valence-corrected chi connectivity index (χ4v) is 2.57. The molecule has 0 spiro atoms. The number of amides is 1. The minimum atomic E-state index is -0.412. The average molecular weight is 262 g/mol. The molecule has 100 valence electrons. The second kappa shape index (κ2) is 6.60. The van der Waals surface area contributed by atoms with E-state index < -0.39 is 5.38 Å². The molecular formula is C13H24ClNO2. The highest BCUT2D eigenvalue weighted by atomic mass is 35.5. The number of hydrogen-bond donors (Lipinski definition) is 1. The van der Waals surface area contributed by atoms with E-state index >= 15 is 0 Å². The zero-order valence-corrected chi connectivity index (χ0v) is 11.8. The van der Waals surface area contributed by atoms with Gasteiger partial charge in [-0.15, -0.1) is 11.6 Å². The van der Waals surface area contributed by atoms with Crippen molar-refractivity contribution in [2.45, 2.75) is 51.5 Å². The highest BCUT2D eigenvalue weighted by Crippen LogP contribution is 2.25. The molecule has 1 heterocycles. The van der Waals surface area contributed by atoms with E-state index in [2.05, 4.69) is 13.8 Å². The van der Waals surface area contributed by atoms with Crippen LogP contribution in [-0.4, -0.2) is 40.5 Å². The summed E-state index contributed by atoms with van der Waals surface area (Å²) in [6.07, 6.45) is 2.03. The highest BCUT2D eigenvalue weighted by Gasteiger charge is 2.32. The van der Waals surface area contributed by atoms with Crippen LogP contribution in [0.15, 0.2) is 0 Å². The van der Waals surface area contributed by atoms with Gasteiger partial charge in [-0.2, -0.15) is 0 Å². The summed E-state index contributed by atoms with van der Waals surface area (Å²) in [7, 11) is 0. The Morgan fingerprint density at radius 3 is 2.71 bits per heavy atom. The average Bonchev–Trinajstić information content (AvgIpc) is 2.29. The lowest BCUT2D eigenvalue weighted by atomic mass is 9.87. The van der Waals surface area contributed by atoms with E-state index in [9.17, 15) is 9.90 Å². The summed E-state index contributed by atoms with van der Waals surface area (Å²) in [6, 6.07) is 0. The quantitative estimate of drug-likeness (QED) is 0.789. The number of carbonyl (C=O) groups excluding carboxylic acids is 1. The molecule has 0 saturated carbocycles. The van der Waals surface area contributed by atoms with Crippen molar-refractivity contribution in [2.75, 3.05) is 13.1 Å². The Labute approximate surface area is 109 Å². The van der Waals surface area contributed by atoms with Crippen LogP contribution in [-0.2, 0) is 4.79 Å². The van der Waals surface area contributed by atoms with Crippen molar-refractivity contribution in [3.63, 3.8) is 0 Å². The molecule has 0 aromatic heterocycles. The van der Waals surface area contributed by atoms with Gasteiger partial charge in [-0.05, 0) is 25.2 Å². The van der Waals surface area contributed by atoms with Crippen LogP contribution in [0.3, 0.4) is 0 Å². The third-order valence-electron chi connectivity index (χ3n) is 3.41. The lowest BCUT2D eigenvalue weighted by molar-refractivity contribution is -0.134. The molecule has 1 amide bonds. The van der Waals surface area contributed by atoms with E-state index in [1.165, 1.54) is 0 Å². The molecule has 17 heavy (non-hydrogen) atoms. The fourth-order valence-electron chi connectivity index (χ4n) is 2.43. The van der Waals surface area contributed by atoms with Crippen molar-refractivity contribution in [3.8, 4) is 0 Å². The second-order valence-electron chi connectivity index (χ2n) is 5.41. The van der Waals surface area contributed by atoms with Crippen LogP contribution in [0.5, 0.6) is 0 Å². The molecule has 1 aliphatic rings. The Balaban J connectivity index is 2.57. The molecule has 0 aromatic rings. The molecular weight excluding hydrogens is 238 g/mol. The molecule has 1 rings (SSSR count). The molecule has 1 aliphatic heterocycles. The van der Waals surface area contributed by atoms with Gasteiger partial charge in [0.2, 0.25) is 5.91 Å². The smallest absolute Gasteiger partial charge is 0.240 e. The Bertz CT molecular complexity index is 258. The molecule has 3 nitrogen and oxygen atoms in total. The maximum Gasteiger partial charge on any atom is 0.240 e. The Morgan fingerprint density at radius 2 is 2.18 bits per heavy atom. The van der Waals surface area contributed by atoms with Crippen molar-refractivity contribution in [1.29, 1.82) is 0 Å². The lowest BCUT2D eigenvalue weighted by Crippen LogP contribution is -2.48. The van der Waals surface area contributed by atoms with Gasteiger partial charge in [0, 0.05) is 19.0 Å². The number of rotatable bonds is 4.